The summed E-state index contributed by atoms with van der Waals surface area (Å²) in [6, 6.07) is 1.59. The van der Waals surface area contributed by atoms with Crippen LogP contribution in [0.5, 0.6) is 0 Å². The van der Waals surface area contributed by atoms with E-state index in [0.29, 0.717) is 0 Å². The first-order valence-corrected chi connectivity index (χ1v) is 5.00. The zero-order chi connectivity index (χ0) is 8.27. The molecular formula is C10H21N. The van der Waals surface area contributed by atoms with Crippen LogP contribution in [0.15, 0.2) is 0 Å². The predicted octanol–water partition coefficient (Wildman–Crippen LogP) is 2.56. The standard InChI is InChI=1S/C10H21N/c1-4-9-6-5-7-10(11-9)8(2)3/h8-11H,4-7H2,1-3H3/t9-,10?/m0/s1. The molecule has 0 spiro atoms. The van der Waals surface area contributed by atoms with Crippen molar-refractivity contribution < 1.29 is 0 Å². The van der Waals surface area contributed by atoms with Gasteiger partial charge in [-0.2, -0.15) is 0 Å². The van der Waals surface area contributed by atoms with Crippen LogP contribution in [-0.4, -0.2) is 12.1 Å². The first-order chi connectivity index (χ1) is 5.24. The highest BCUT2D eigenvalue weighted by Crippen LogP contribution is 2.19. The van der Waals surface area contributed by atoms with E-state index in [4.69, 9.17) is 0 Å². The molecule has 0 radical (unpaired) electrons. The minimum Gasteiger partial charge on any atom is -0.311 e. The Bertz CT molecular complexity index is 109. The fraction of sp³-hybridized carbons (Fsp3) is 1.00. The zero-order valence-electron chi connectivity index (χ0n) is 8.06. The smallest absolute Gasteiger partial charge is 0.00926 e. The van der Waals surface area contributed by atoms with Crippen molar-refractivity contribution in [3.05, 3.63) is 0 Å². The van der Waals surface area contributed by atoms with Gasteiger partial charge in [0, 0.05) is 12.1 Å². The highest BCUT2D eigenvalue weighted by molar-refractivity contribution is 4.81. The molecule has 0 amide bonds. The zero-order valence-corrected chi connectivity index (χ0v) is 8.06. The Morgan fingerprint density at radius 2 is 2.09 bits per heavy atom. The molecule has 0 aromatic carbocycles. The summed E-state index contributed by atoms with van der Waals surface area (Å²) in [7, 11) is 0. The monoisotopic (exact) mass is 155 g/mol. The van der Waals surface area contributed by atoms with Crippen molar-refractivity contribution in [3.8, 4) is 0 Å². The van der Waals surface area contributed by atoms with E-state index in [1.165, 1.54) is 25.7 Å². The summed E-state index contributed by atoms with van der Waals surface area (Å²) in [5.41, 5.74) is 0. The summed E-state index contributed by atoms with van der Waals surface area (Å²) in [6.45, 7) is 6.91. The maximum atomic E-state index is 3.70. The lowest BCUT2D eigenvalue weighted by Crippen LogP contribution is -2.44. The largest absolute Gasteiger partial charge is 0.311 e. The molecule has 1 unspecified atom stereocenters. The van der Waals surface area contributed by atoms with Crippen molar-refractivity contribution in [2.24, 2.45) is 5.92 Å². The molecule has 0 aromatic rings. The van der Waals surface area contributed by atoms with Crippen molar-refractivity contribution in [2.75, 3.05) is 0 Å². The lowest BCUT2D eigenvalue weighted by Gasteiger charge is -2.32. The molecule has 1 nitrogen and oxygen atoms in total. The van der Waals surface area contributed by atoms with Crippen LogP contribution in [0.4, 0.5) is 0 Å². The fourth-order valence-electron chi connectivity index (χ4n) is 1.90. The van der Waals surface area contributed by atoms with E-state index >= 15 is 0 Å². The lowest BCUT2D eigenvalue weighted by atomic mass is 9.91. The van der Waals surface area contributed by atoms with Gasteiger partial charge < -0.3 is 5.32 Å². The van der Waals surface area contributed by atoms with Gasteiger partial charge in [0.05, 0.1) is 0 Å². The molecule has 1 saturated heterocycles. The Hall–Kier alpha value is -0.0400. The number of hydrogen-bond donors (Lipinski definition) is 1. The van der Waals surface area contributed by atoms with Crippen molar-refractivity contribution in [3.63, 3.8) is 0 Å². The highest BCUT2D eigenvalue weighted by atomic mass is 15.0. The summed E-state index contributed by atoms with van der Waals surface area (Å²) in [5.74, 6) is 0.810. The van der Waals surface area contributed by atoms with Crippen molar-refractivity contribution >= 4 is 0 Å². The Balaban J connectivity index is 2.33. The fourth-order valence-corrected chi connectivity index (χ4v) is 1.90. The van der Waals surface area contributed by atoms with Crippen LogP contribution >= 0.6 is 0 Å². The minimum absolute atomic E-state index is 0.786. The molecule has 1 N–H and O–H groups in total. The third kappa shape index (κ3) is 2.48. The third-order valence-electron chi connectivity index (χ3n) is 2.82. The van der Waals surface area contributed by atoms with Crippen molar-refractivity contribution in [2.45, 2.75) is 58.5 Å². The van der Waals surface area contributed by atoms with Gasteiger partial charge in [0.2, 0.25) is 0 Å². The van der Waals surface area contributed by atoms with Crippen LogP contribution in [0.2, 0.25) is 0 Å². The van der Waals surface area contributed by atoms with Crippen molar-refractivity contribution in [1.29, 1.82) is 0 Å². The molecule has 0 aliphatic carbocycles. The van der Waals surface area contributed by atoms with E-state index in [1.807, 2.05) is 0 Å². The predicted molar refractivity (Wildman–Crippen MR) is 49.7 cm³/mol. The van der Waals surface area contributed by atoms with Crippen LogP contribution in [0.25, 0.3) is 0 Å². The average Bonchev–Trinajstić information content (AvgIpc) is 2.05. The van der Waals surface area contributed by atoms with Gasteiger partial charge in [-0.3, -0.25) is 0 Å². The van der Waals surface area contributed by atoms with E-state index in [0.717, 1.165) is 18.0 Å². The molecule has 1 heterocycles. The molecule has 1 aliphatic rings. The van der Waals surface area contributed by atoms with Gasteiger partial charge >= 0.3 is 0 Å². The summed E-state index contributed by atoms with van der Waals surface area (Å²) < 4.78 is 0. The molecule has 1 aliphatic heterocycles. The van der Waals surface area contributed by atoms with E-state index in [9.17, 15) is 0 Å². The van der Waals surface area contributed by atoms with Crippen LogP contribution in [0.3, 0.4) is 0 Å². The molecule has 1 rings (SSSR count). The number of nitrogens with one attached hydrogen (secondary N) is 1. The van der Waals surface area contributed by atoms with Gasteiger partial charge in [-0.25, -0.2) is 0 Å². The molecule has 1 heteroatoms. The molecule has 11 heavy (non-hydrogen) atoms. The summed E-state index contributed by atoms with van der Waals surface area (Å²) in [4.78, 5) is 0. The molecular weight excluding hydrogens is 134 g/mol. The first kappa shape index (κ1) is 9.05. The van der Waals surface area contributed by atoms with E-state index in [-0.39, 0.29) is 0 Å². The number of rotatable bonds is 2. The van der Waals surface area contributed by atoms with Gasteiger partial charge in [0.25, 0.3) is 0 Å². The van der Waals surface area contributed by atoms with E-state index in [1.54, 1.807) is 0 Å². The van der Waals surface area contributed by atoms with Gasteiger partial charge in [-0.05, 0) is 25.2 Å². The summed E-state index contributed by atoms with van der Waals surface area (Å²) in [5, 5.41) is 3.70. The molecule has 66 valence electrons. The molecule has 1 fully saturated rings. The van der Waals surface area contributed by atoms with Gasteiger partial charge in [0.1, 0.15) is 0 Å². The Morgan fingerprint density at radius 1 is 1.36 bits per heavy atom. The maximum absolute atomic E-state index is 3.70. The second-order valence-corrected chi connectivity index (χ2v) is 4.05. The second-order valence-electron chi connectivity index (χ2n) is 4.05. The van der Waals surface area contributed by atoms with Crippen LogP contribution < -0.4 is 5.32 Å². The van der Waals surface area contributed by atoms with Gasteiger partial charge in [0.15, 0.2) is 0 Å². The normalized spacial score (nSPS) is 32.7. The molecule has 0 bridgehead atoms. The third-order valence-corrected chi connectivity index (χ3v) is 2.82. The summed E-state index contributed by atoms with van der Waals surface area (Å²) >= 11 is 0. The Labute approximate surface area is 70.6 Å². The topological polar surface area (TPSA) is 12.0 Å². The van der Waals surface area contributed by atoms with Gasteiger partial charge in [-0.1, -0.05) is 27.2 Å². The highest BCUT2D eigenvalue weighted by Gasteiger charge is 2.21. The quantitative estimate of drug-likeness (QED) is 0.646. The first-order valence-electron chi connectivity index (χ1n) is 5.00. The number of hydrogen-bond acceptors (Lipinski definition) is 1. The molecule has 2 atom stereocenters. The Kier molecular flexibility index (Phi) is 3.38. The van der Waals surface area contributed by atoms with Crippen LogP contribution in [-0.2, 0) is 0 Å². The van der Waals surface area contributed by atoms with Crippen molar-refractivity contribution in [1.82, 2.24) is 5.32 Å². The molecule has 0 aromatic heterocycles. The molecule has 0 saturated carbocycles. The maximum Gasteiger partial charge on any atom is 0.00926 e. The average molecular weight is 155 g/mol. The summed E-state index contributed by atoms with van der Waals surface area (Å²) in [6.07, 6.45) is 5.49. The number of piperidine rings is 1. The van der Waals surface area contributed by atoms with Gasteiger partial charge in [-0.15, -0.1) is 0 Å². The van der Waals surface area contributed by atoms with E-state index in [2.05, 4.69) is 26.1 Å². The lowest BCUT2D eigenvalue weighted by molar-refractivity contribution is 0.264. The Morgan fingerprint density at radius 3 is 2.64 bits per heavy atom. The van der Waals surface area contributed by atoms with Crippen LogP contribution in [0.1, 0.15) is 46.5 Å². The van der Waals surface area contributed by atoms with Crippen LogP contribution in [0, 0.1) is 5.92 Å². The second kappa shape index (κ2) is 4.10. The SMILES string of the molecule is CC[C@H]1CCCC(C(C)C)N1. The minimum atomic E-state index is 0.786. The van der Waals surface area contributed by atoms with E-state index < -0.39 is 0 Å².